The molecule has 3 heterocycles. The SMILES string of the molecule is O=C1CCC(N2Cc3cc(O[C@@H]4CCC[C@@H]4N4CC(c5ccccc5)C4)ccc3C2=O)C(=O)N1. The van der Waals surface area contributed by atoms with Crippen molar-refractivity contribution in [1.82, 2.24) is 15.1 Å². The fourth-order valence-electron chi connectivity index (χ4n) is 5.98. The Balaban J connectivity index is 1.11. The molecule has 0 spiro atoms. The predicted octanol–water partition coefficient (Wildman–Crippen LogP) is 2.85. The van der Waals surface area contributed by atoms with Crippen molar-refractivity contribution < 1.29 is 19.1 Å². The van der Waals surface area contributed by atoms with Gasteiger partial charge in [-0.1, -0.05) is 30.3 Å². The van der Waals surface area contributed by atoms with Gasteiger partial charge in [-0.3, -0.25) is 24.6 Å². The van der Waals surface area contributed by atoms with E-state index in [0.29, 0.717) is 30.5 Å². The molecular formula is C27H29N3O4. The van der Waals surface area contributed by atoms with Crippen LogP contribution in [0, 0.1) is 0 Å². The van der Waals surface area contributed by atoms with Crippen LogP contribution in [0.5, 0.6) is 5.75 Å². The summed E-state index contributed by atoms with van der Waals surface area (Å²) in [6.45, 7) is 2.53. The molecule has 4 aliphatic rings. The maximum Gasteiger partial charge on any atom is 0.255 e. The molecular weight excluding hydrogens is 430 g/mol. The topological polar surface area (TPSA) is 79.0 Å². The maximum atomic E-state index is 12.9. The van der Waals surface area contributed by atoms with Crippen LogP contribution in [0.25, 0.3) is 0 Å². The van der Waals surface area contributed by atoms with Gasteiger partial charge in [-0.05, 0) is 55.0 Å². The molecule has 0 radical (unpaired) electrons. The fraction of sp³-hybridized carbons (Fsp3) is 0.444. The number of carbonyl (C=O) groups excluding carboxylic acids is 3. The first-order valence-electron chi connectivity index (χ1n) is 12.3. The van der Waals surface area contributed by atoms with Gasteiger partial charge in [0.05, 0.1) is 0 Å². The van der Waals surface area contributed by atoms with E-state index in [0.717, 1.165) is 43.7 Å². The molecule has 0 bridgehead atoms. The lowest BCUT2D eigenvalue weighted by molar-refractivity contribution is -0.136. The van der Waals surface area contributed by atoms with Crippen LogP contribution < -0.4 is 10.1 Å². The smallest absolute Gasteiger partial charge is 0.255 e. The third-order valence-corrected chi connectivity index (χ3v) is 7.85. The van der Waals surface area contributed by atoms with Crippen molar-refractivity contribution in [3.8, 4) is 5.75 Å². The molecule has 0 aromatic heterocycles. The molecule has 1 aliphatic carbocycles. The van der Waals surface area contributed by atoms with Crippen molar-refractivity contribution >= 4 is 17.7 Å². The molecule has 34 heavy (non-hydrogen) atoms. The van der Waals surface area contributed by atoms with Gasteiger partial charge < -0.3 is 9.64 Å². The molecule has 6 rings (SSSR count). The third-order valence-electron chi connectivity index (χ3n) is 7.85. The van der Waals surface area contributed by atoms with E-state index in [-0.39, 0.29) is 30.2 Å². The number of fused-ring (bicyclic) bond motifs is 1. The van der Waals surface area contributed by atoms with Gasteiger partial charge >= 0.3 is 0 Å². The summed E-state index contributed by atoms with van der Waals surface area (Å²) in [4.78, 5) is 40.8. The van der Waals surface area contributed by atoms with Crippen LogP contribution in [0.2, 0.25) is 0 Å². The number of likely N-dealkylation sites (tertiary alicyclic amines) is 1. The zero-order chi connectivity index (χ0) is 23.2. The molecule has 7 nitrogen and oxygen atoms in total. The number of benzene rings is 2. The van der Waals surface area contributed by atoms with E-state index in [2.05, 4.69) is 40.5 Å². The molecule has 3 aliphatic heterocycles. The Labute approximate surface area is 199 Å². The minimum Gasteiger partial charge on any atom is -0.489 e. The van der Waals surface area contributed by atoms with Gasteiger partial charge in [0.2, 0.25) is 11.8 Å². The Kier molecular flexibility index (Phi) is 5.37. The van der Waals surface area contributed by atoms with E-state index in [4.69, 9.17) is 4.74 Å². The monoisotopic (exact) mass is 459 g/mol. The molecule has 7 heteroatoms. The standard InChI is InChI=1S/C27H29N3O4/c31-25-12-11-23(26(32)28-25)30-16-18-13-20(9-10-21(18)27(30)33)34-24-8-4-7-22(24)29-14-19(15-29)17-5-2-1-3-6-17/h1-3,5-6,9-10,13,19,22-24H,4,7-8,11-12,14-16H2,(H,28,31,32)/t22-,23?,24+/m0/s1. The van der Waals surface area contributed by atoms with Gasteiger partial charge in [0.15, 0.2) is 0 Å². The lowest BCUT2D eigenvalue weighted by Gasteiger charge is -2.45. The lowest BCUT2D eigenvalue weighted by atomic mass is 9.89. The molecule has 2 saturated heterocycles. The molecule has 3 atom stereocenters. The first-order chi connectivity index (χ1) is 16.6. The maximum absolute atomic E-state index is 12.9. The zero-order valence-electron chi connectivity index (χ0n) is 19.1. The number of nitrogens with zero attached hydrogens (tertiary/aromatic N) is 2. The van der Waals surface area contributed by atoms with Crippen LogP contribution in [0.4, 0.5) is 0 Å². The molecule has 176 valence electrons. The summed E-state index contributed by atoms with van der Waals surface area (Å²) in [6.07, 6.45) is 4.13. The van der Waals surface area contributed by atoms with Crippen LogP contribution in [0.15, 0.2) is 48.5 Å². The second-order valence-electron chi connectivity index (χ2n) is 9.93. The summed E-state index contributed by atoms with van der Waals surface area (Å²) in [5.74, 6) is 0.582. The summed E-state index contributed by atoms with van der Waals surface area (Å²) in [6, 6.07) is 16.2. The molecule has 3 fully saturated rings. The van der Waals surface area contributed by atoms with E-state index >= 15 is 0 Å². The van der Waals surface area contributed by atoms with Gasteiger partial charge in [0.1, 0.15) is 17.9 Å². The lowest BCUT2D eigenvalue weighted by Crippen LogP contribution is -2.54. The number of ether oxygens (including phenoxy) is 1. The summed E-state index contributed by atoms with van der Waals surface area (Å²) in [5.41, 5.74) is 2.92. The zero-order valence-corrected chi connectivity index (χ0v) is 19.1. The molecule has 1 saturated carbocycles. The second-order valence-corrected chi connectivity index (χ2v) is 9.93. The van der Waals surface area contributed by atoms with Gasteiger partial charge in [-0.2, -0.15) is 0 Å². The molecule has 3 amide bonds. The largest absolute Gasteiger partial charge is 0.489 e. The first-order valence-corrected chi connectivity index (χ1v) is 12.3. The van der Waals surface area contributed by atoms with E-state index < -0.39 is 6.04 Å². The minimum absolute atomic E-state index is 0.151. The predicted molar refractivity (Wildman–Crippen MR) is 125 cm³/mol. The average molecular weight is 460 g/mol. The van der Waals surface area contributed by atoms with Crippen molar-refractivity contribution in [2.75, 3.05) is 13.1 Å². The van der Waals surface area contributed by atoms with Gasteiger partial charge in [-0.15, -0.1) is 0 Å². The molecule has 2 aromatic rings. The highest BCUT2D eigenvalue weighted by Crippen LogP contribution is 2.37. The van der Waals surface area contributed by atoms with E-state index in [1.165, 1.54) is 5.56 Å². The number of carbonyl (C=O) groups is 3. The number of nitrogens with one attached hydrogen (secondary N) is 1. The van der Waals surface area contributed by atoms with Crippen LogP contribution in [0.1, 0.15) is 59.5 Å². The van der Waals surface area contributed by atoms with Gasteiger partial charge in [-0.25, -0.2) is 0 Å². The highest BCUT2D eigenvalue weighted by Gasteiger charge is 2.41. The normalized spacial score (nSPS) is 27.5. The van der Waals surface area contributed by atoms with Crippen molar-refractivity contribution in [1.29, 1.82) is 0 Å². The first kappa shape index (κ1) is 21.4. The van der Waals surface area contributed by atoms with Gasteiger partial charge in [0.25, 0.3) is 5.91 Å². The van der Waals surface area contributed by atoms with Crippen LogP contribution in [-0.2, 0) is 16.1 Å². The number of imide groups is 1. The van der Waals surface area contributed by atoms with Crippen LogP contribution >= 0.6 is 0 Å². The van der Waals surface area contributed by atoms with Gasteiger partial charge in [0, 0.05) is 43.6 Å². The Morgan fingerprint density at radius 1 is 0.941 bits per heavy atom. The summed E-state index contributed by atoms with van der Waals surface area (Å²) < 4.78 is 6.47. The average Bonchev–Trinajstić information content (AvgIpc) is 3.38. The van der Waals surface area contributed by atoms with E-state index in [9.17, 15) is 14.4 Å². The highest BCUT2D eigenvalue weighted by atomic mass is 16.5. The number of hydrogen-bond acceptors (Lipinski definition) is 5. The number of amides is 3. The summed E-state index contributed by atoms with van der Waals surface area (Å²) in [7, 11) is 0. The Morgan fingerprint density at radius 2 is 1.76 bits per heavy atom. The van der Waals surface area contributed by atoms with E-state index in [1.54, 1.807) is 4.90 Å². The van der Waals surface area contributed by atoms with Crippen molar-refractivity contribution in [2.45, 2.75) is 62.8 Å². The summed E-state index contributed by atoms with van der Waals surface area (Å²) in [5, 5.41) is 2.35. The van der Waals surface area contributed by atoms with E-state index in [1.807, 2.05) is 18.2 Å². The minimum atomic E-state index is -0.592. The molecule has 1 unspecified atom stereocenters. The third kappa shape index (κ3) is 3.78. The molecule has 2 aromatic carbocycles. The summed E-state index contributed by atoms with van der Waals surface area (Å²) >= 11 is 0. The van der Waals surface area contributed by atoms with Crippen LogP contribution in [-0.4, -0.2) is 58.8 Å². The number of rotatable bonds is 5. The van der Waals surface area contributed by atoms with Crippen molar-refractivity contribution in [3.63, 3.8) is 0 Å². The van der Waals surface area contributed by atoms with Crippen LogP contribution in [0.3, 0.4) is 0 Å². The molecule has 1 N–H and O–H groups in total. The Morgan fingerprint density at radius 3 is 2.56 bits per heavy atom. The Bertz CT molecular complexity index is 1130. The Hall–Kier alpha value is -3.19. The second kappa shape index (κ2) is 8.55. The fourth-order valence-corrected chi connectivity index (χ4v) is 5.98. The van der Waals surface area contributed by atoms with Crippen molar-refractivity contribution in [2.24, 2.45) is 0 Å². The quantitative estimate of drug-likeness (QED) is 0.696. The number of piperidine rings is 1. The number of hydrogen-bond donors (Lipinski definition) is 1. The van der Waals surface area contributed by atoms with Crippen molar-refractivity contribution in [3.05, 3.63) is 65.2 Å². The highest BCUT2D eigenvalue weighted by molar-refractivity contribution is 6.05.